The standard InChI is InChI=1S/C20H28N4O2S/c1-20(2,3)18(26)23-19-22-16(14-27-19)12-17(25)24(11-7-10-21)13-15-8-5-4-6-9-15/h4-6,8-9,14H,7,10-13,21H2,1-3H3,(H,22,23,26). The van der Waals surface area contributed by atoms with E-state index in [1.807, 2.05) is 61.4 Å². The summed E-state index contributed by atoms with van der Waals surface area (Å²) in [7, 11) is 0. The first kappa shape index (κ1) is 21.1. The molecule has 0 spiro atoms. The van der Waals surface area contributed by atoms with Crippen molar-refractivity contribution in [2.45, 2.75) is 40.2 Å². The van der Waals surface area contributed by atoms with Gasteiger partial charge in [0, 0.05) is 23.9 Å². The van der Waals surface area contributed by atoms with Gasteiger partial charge >= 0.3 is 0 Å². The largest absolute Gasteiger partial charge is 0.338 e. The lowest BCUT2D eigenvalue weighted by Crippen LogP contribution is -2.33. The number of aromatic nitrogens is 1. The van der Waals surface area contributed by atoms with E-state index in [0.717, 1.165) is 12.0 Å². The minimum atomic E-state index is -0.490. The second kappa shape index (κ2) is 9.62. The van der Waals surface area contributed by atoms with Gasteiger partial charge in [-0.1, -0.05) is 51.1 Å². The van der Waals surface area contributed by atoms with Crippen LogP contribution in [0.25, 0.3) is 0 Å². The van der Waals surface area contributed by atoms with E-state index in [0.29, 0.717) is 30.5 Å². The lowest BCUT2D eigenvalue weighted by molar-refractivity contribution is -0.131. The molecule has 0 bridgehead atoms. The maximum atomic E-state index is 12.8. The molecule has 2 amide bonds. The highest BCUT2D eigenvalue weighted by atomic mass is 32.1. The molecule has 0 unspecified atom stereocenters. The van der Waals surface area contributed by atoms with Crippen LogP contribution >= 0.6 is 11.3 Å². The summed E-state index contributed by atoms with van der Waals surface area (Å²) in [6.45, 7) is 7.25. The van der Waals surface area contributed by atoms with Crippen LogP contribution in [0.3, 0.4) is 0 Å². The predicted octanol–water partition coefficient (Wildman–Crippen LogP) is 3.05. The van der Waals surface area contributed by atoms with E-state index in [4.69, 9.17) is 5.73 Å². The number of hydrogen-bond acceptors (Lipinski definition) is 5. The molecule has 1 aromatic carbocycles. The number of carbonyl (C=O) groups is 2. The van der Waals surface area contributed by atoms with Gasteiger partial charge in [-0.25, -0.2) is 4.98 Å². The number of thiazole rings is 1. The molecule has 27 heavy (non-hydrogen) atoms. The second-order valence-corrected chi connectivity index (χ2v) is 8.33. The number of nitrogens with one attached hydrogen (secondary N) is 1. The van der Waals surface area contributed by atoms with Crippen LogP contribution in [0, 0.1) is 5.41 Å². The quantitative estimate of drug-likeness (QED) is 0.727. The van der Waals surface area contributed by atoms with Crippen LogP contribution in [-0.4, -0.2) is 34.8 Å². The average Bonchev–Trinajstić information content (AvgIpc) is 3.05. The summed E-state index contributed by atoms with van der Waals surface area (Å²) in [6, 6.07) is 9.90. The first-order valence-corrected chi connectivity index (χ1v) is 9.95. The highest BCUT2D eigenvalue weighted by Gasteiger charge is 2.22. The molecule has 2 aromatic rings. The van der Waals surface area contributed by atoms with E-state index >= 15 is 0 Å². The van der Waals surface area contributed by atoms with Crippen molar-refractivity contribution in [1.29, 1.82) is 0 Å². The number of anilines is 1. The Morgan fingerprint density at radius 2 is 1.93 bits per heavy atom. The fraction of sp³-hybridized carbons (Fsp3) is 0.450. The van der Waals surface area contributed by atoms with Crippen molar-refractivity contribution in [3.8, 4) is 0 Å². The smallest absolute Gasteiger partial charge is 0.231 e. The molecule has 1 heterocycles. The molecule has 0 aliphatic rings. The fourth-order valence-corrected chi connectivity index (χ4v) is 3.08. The summed E-state index contributed by atoms with van der Waals surface area (Å²) in [5.41, 5.74) is 6.88. The highest BCUT2D eigenvalue weighted by Crippen LogP contribution is 2.21. The summed E-state index contributed by atoms with van der Waals surface area (Å²) in [6.07, 6.45) is 0.960. The number of nitrogens with two attached hydrogens (primary N) is 1. The van der Waals surface area contributed by atoms with Crippen LogP contribution in [0.15, 0.2) is 35.7 Å². The molecule has 2 rings (SSSR count). The molecule has 7 heteroatoms. The SMILES string of the molecule is CC(C)(C)C(=O)Nc1nc(CC(=O)N(CCCN)Cc2ccccc2)cs1. The Bertz CT molecular complexity index is 753. The highest BCUT2D eigenvalue weighted by molar-refractivity contribution is 7.13. The van der Waals surface area contributed by atoms with Crippen molar-refractivity contribution in [3.63, 3.8) is 0 Å². The van der Waals surface area contributed by atoms with E-state index in [2.05, 4.69) is 10.3 Å². The maximum Gasteiger partial charge on any atom is 0.231 e. The fourth-order valence-electron chi connectivity index (χ4n) is 2.37. The van der Waals surface area contributed by atoms with Crippen molar-refractivity contribution >= 4 is 28.3 Å². The first-order valence-electron chi connectivity index (χ1n) is 9.07. The first-order chi connectivity index (χ1) is 12.8. The van der Waals surface area contributed by atoms with Gasteiger partial charge in [-0.3, -0.25) is 9.59 Å². The van der Waals surface area contributed by atoms with Gasteiger partial charge in [0.05, 0.1) is 12.1 Å². The minimum Gasteiger partial charge on any atom is -0.338 e. The number of amides is 2. The lowest BCUT2D eigenvalue weighted by atomic mass is 9.96. The van der Waals surface area contributed by atoms with Crippen LogP contribution in [0.2, 0.25) is 0 Å². The van der Waals surface area contributed by atoms with E-state index in [-0.39, 0.29) is 18.2 Å². The topological polar surface area (TPSA) is 88.3 Å². The summed E-state index contributed by atoms with van der Waals surface area (Å²) >= 11 is 1.34. The zero-order chi connectivity index (χ0) is 19.9. The summed E-state index contributed by atoms with van der Waals surface area (Å²) < 4.78 is 0. The molecular formula is C20H28N4O2S. The molecule has 1 aromatic heterocycles. The third-order valence-electron chi connectivity index (χ3n) is 3.99. The Kier molecular flexibility index (Phi) is 7.50. The minimum absolute atomic E-state index is 0.00583. The van der Waals surface area contributed by atoms with Gasteiger partial charge in [0.2, 0.25) is 11.8 Å². The van der Waals surface area contributed by atoms with E-state index in [9.17, 15) is 9.59 Å². The lowest BCUT2D eigenvalue weighted by Gasteiger charge is -2.22. The van der Waals surface area contributed by atoms with Gasteiger partial charge in [-0.05, 0) is 18.5 Å². The molecular weight excluding hydrogens is 360 g/mol. The zero-order valence-corrected chi connectivity index (χ0v) is 17.0. The van der Waals surface area contributed by atoms with Crippen LogP contribution in [0.4, 0.5) is 5.13 Å². The monoisotopic (exact) mass is 388 g/mol. The van der Waals surface area contributed by atoms with Crippen molar-refractivity contribution in [3.05, 3.63) is 47.0 Å². The normalized spacial score (nSPS) is 11.3. The zero-order valence-electron chi connectivity index (χ0n) is 16.2. The van der Waals surface area contributed by atoms with Crippen molar-refractivity contribution < 1.29 is 9.59 Å². The molecule has 0 fully saturated rings. The average molecular weight is 389 g/mol. The Morgan fingerprint density at radius 1 is 1.22 bits per heavy atom. The molecule has 0 atom stereocenters. The molecule has 0 saturated carbocycles. The van der Waals surface area contributed by atoms with Gasteiger partial charge in [0.1, 0.15) is 0 Å². The molecule has 6 nitrogen and oxygen atoms in total. The molecule has 0 saturated heterocycles. The van der Waals surface area contributed by atoms with Crippen molar-refractivity contribution in [1.82, 2.24) is 9.88 Å². The summed E-state index contributed by atoms with van der Waals surface area (Å²) in [4.78, 5) is 31.0. The third-order valence-corrected chi connectivity index (χ3v) is 4.79. The Hall–Kier alpha value is -2.25. The second-order valence-electron chi connectivity index (χ2n) is 7.47. The number of hydrogen-bond donors (Lipinski definition) is 2. The van der Waals surface area contributed by atoms with Crippen LogP contribution in [0.5, 0.6) is 0 Å². The maximum absolute atomic E-state index is 12.8. The Balaban J connectivity index is 2.01. The van der Waals surface area contributed by atoms with E-state index in [1.165, 1.54) is 11.3 Å². The van der Waals surface area contributed by atoms with E-state index < -0.39 is 5.41 Å². The number of carbonyl (C=O) groups excluding carboxylic acids is 2. The van der Waals surface area contributed by atoms with Crippen molar-refractivity contribution in [2.24, 2.45) is 11.1 Å². The van der Waals surface area contributed by atoms with Gasteiger partial charge < -0.3 is 16.0 Å². The summed E-state index contributed by atoms with van der Waals surface area (Å²) in [5.74, 6) is -0.0883. The number of rotatable bonds is 8. The van der Waals surface area contributed by atoms with Crippen LogP contribution < -0.4 is 11.1 Å². The molecule has 146 valence electrons. The molecule has 0 aliphatic heterocycles. The van der Waals surface area contributed by atoms with Gasteiger partial charge in [-0.2, -0.15) is 0 Å². The molecule has 0 aliphatic carbocycles. The predicted molar refractivity (Wildman–Crippen MR) is 109 cm³/mol. The third kappa shape index (κ3) is 6.77. The van der Waals surface area contributed by atoms with Crippen LogP contribution in [0.1, 0.15) is 38.4 Å². The summed E-state index contributed by atoms with van der Waals surface area (Å²) in [5, 5.41) is 5.15. The Morgan fingerprint density at radius 3 is 2.56 bits per heavy atom. The molecule has 0 radical (unpaired) electrons. The van der Waals surface area contributed by atoms with Gasteiger partial charge in [0.15, 0.2) is 5.13 Å². The Labute approximate surface area is 164 Å². The van der Waals surface area contributed by atoms with Gasteiger partial charge in [0.25, 0.3) is 0 Å². The van der Waals surface area contributed by atoms with Crippen LogP contribution in [-0.2, 0) is 22.6 Å². The van der Waals surface area contributed by atoms with E-state index in [1.54, 1.807) is 0 Å². The molecule has 3 N–H and O–H groups in total. The number of nitrogens with zero attached hydrogens (tertiary/aromatic N) is 2. The van der Waals surface area contributed by atoms with Crippen molar-refractivity contribution in [2.75, 3.05) is 18.4 Å². The van der Waals surface area contributed by atoms with Gasteiger partial charge in [-0.15, -0.1) is 11.3 Å². The number of benzene rings is 1.